The largest absolute Gasteiger partial charge is 0.756 e. The zero-order valence-electron chi connectivity index (χ0n) is 54.9. The van der Waals surface area contributed by atoms with Crippen LogP contribution >= 0.6 is 7.82 Å². The predicted molar refractivity (Wildman–Crippen MR) is 353 cm³/mol. The summed E-state index contributed by atoms with van der Waals surface area (Å²) in [6, 6.07) is -0.889. The second-order valence-corrected chi connectivity index (χ2v) is 26.5. The van der Waals surface area contributed by atoms with Crippen molar-refractivity contribution in [3.63, 3.8) is 0 Å². The van der Waals surface area contributed by atoms with Crippen LogP contribution < -0.4 is 10.2 Å². The van der Waals surface area contributed by atoms with E-state index in [4.69, 9.17) is 13.8 Å². The quantitative estimate of drug-likeness (QED) is 0.0212. The molecule has 0 saturated carbocycles. The van der Waals surface area contributed by atoms with Crippen molar-refractivity contribution in [2.75, 3.05) is 40.9 Å². The van der Waals surface area contributed by atoms with Crippen LogP contribution in [-0.2, 0) is 27.9 Å². The summed E-state index contributed by atoms with van der Waals surface area (Å²) in [6.45, 7) is 6.86. The molecule has 0 aromatic carbocycles. The van der Waals surface area contributed by atoms with Crippen molar-refractivity contribution in [2.45, 2.75) is 348 Å². The number of phosphoric acid groups is 1. The van der Waals surface area contributed by atoms with Gasteiger partial charge in [-0.3, -0.25) is 14.2 Å². The Hall–Kier alpha value is -2.29. The van der Waals surface area contributed by atoms with Gasteiger partial charge in [0.25, 0.3) is 7.82 Å². The van der Waals surface area contributed by atoms with Gasteiger partial charge in [-0.2, -0.15) is 0 Å². The Morgan fingerprint density at radius 2 is 0.744 bits per heavy atom. The van der Waals surface area contributed by atoms with Crippen LogP contribution in [0.4, 0.5) is 0 Å². The maximum absolute atomic E-state index is 13.6. The van der Waals surface area contributed by atoms with Crippen LogP contribution in [-0.4, -0.2) is 69.4 Å². The lowest BCUT2D eigenvalue weighted by Crippen LogP contribution is -2.47. The molecule has 480 valence electrons. The van der Waals surface area contributed by atoms with Crippen molar-refractivity contribution < 1.29 is 37.3 Å². The van der Waals surface area contributed by atoms with E-state index in [1.54, 1.807) is 0 Å². The molecule has 9 nitrogen and oxygen atoms in total. The van der Waals surface area contributed by atoms with Crippen LogP contribution in [0, 0.1) is 0 Å². The maximum Gasteiger partial charge on any atom is 0.306 e. The van der Waals surface area contributed by atoms with E-state index in [9.17, 15) is 19.0 Å². The van der Waals surface area contributed by atoms with E-state index in [1.807, 2.05) is 33.3 Å². The second kappa shape index (κ2) is 61.8. The Bertz CT molecular complexity index is 1590. The number of amides is 1. The molecule has 0 rings (SSSR count). The molecule has 3 atom stereocenters. The first-order chi connectivity index (χ1) is 39.9. The number of carbonyl (C=O) groups excluding carboxylic acids is 2. The maximum atomic E-state index is 13.6. The molecule has 0 spiro atoms. The molecule has 0 aliphatic carbocycles. The summed E-state index contributed by atoms with van der Waals surface area (Å²) in [7, 11) is 1.19. The summed E-state index contributed by atoms with van der Waals surface area (Å²) in [6.07, 6.45) is 79.0. The summed E-state index contributed by atoms with van der Waals surface area (Å²) >= 11 is 0. The van der Waals surface area contributed by atoms with E-state index < -0.39 is 20.0 Å². The molecule has 1 N–H and O–H groups in total. The molecule has 0 aliphatic rings. The molecule has 0 saturated heterocycles. The van der Waals surface area contributed by atoms with Gasteiger partial charge in [-0.15, -0.1) is 0 Å². The lowest BCUT2D eigenvalue weighted by molar-refractivity contribution is -0.870. The Morgan fingerprint density at radius 1 is 0.427 bits per heavy atom. The fourth-order valence-electron chi connectivity index (χ4n) is 10.3. The van der Waals surface area contributed by atoms with Crippen molar-refractivity contribution >= 4 is 19.7 Å². The molecule has 0 aliphatic heterocycles. The van der Waals surface area contributed by atoms with Gasteiger partial charge in [-0.1, -0.05) is 307 Å². The van der Waals surface area contributed by atoms with Crippen LogP contribution in [0.1, 0.15) is 335 Å². The number of unbranched alkanes of at least 4 members (excludes halogenated alkanes) is 40. The van der Waals surface area contributed by atoms with Crippen LogP contribution in [0.3, 0.4) is 0 Å². The molecule has 0 heterocycles. The smallest absolute Gasteiger partial charge is 0.306 e. The summed E-state index contributed by atoms with van der Waals surface area (Å²) in [5.74, 6) is -0.530. The molecule has 0 bridgehead atoms. The zero-order chi connectivity index (χ0) is 60.0. The molecule has 1 amide bonds. The number of hydrogen-bond acceptors (Lipinski definition) is 7. The average Bonchev–Trinajstić information content (AvgIpc) is 3.45. The zero-order valence-corrected chi connectivity index (χ0v) is 55.8. The monoisotopic (exact) mass is 1170 g/mol. The standard InChI is InChI=1S/C72H135N2O7P/c1-7-10-13-16-19-22-25-28-30-32-33-34-35-36-37-38-39-40-41-42-44-47-50-53-56-59-62-65-72(76)81-70(63-60-57-54-51-48-45-27-24-21-18-15-12-9-3)69(68-80-82(77,78)79-67-66-74(4,5)6)73-71(75)64-61-58-55-52-49-46-43-31-29-26-23-20-17-14-11-8-2/h19,22,28,30,33-34,36-37,60,63,69-70H,7-18,20-21,23-27,29,31-32,35,38-59,61-62,64-68H2,1-6H3,(H-,73,75,77,78)/b22-19-,30-28-,34-33-,37-36-,63-60-. The summed E-state index contributed by atoms with van der Waals surface area (Å²) in [5, 5.41) is 3.04. The number of hydrogen-bond donors (Lipinski definition) is 1. The van der Waals surface area contributed by atoms with E-state index >= 15 is 0 Å². The number of esters is 1. The highest BCUT2D eigenvalue weighted by molar-refractivity contribution is 7.45. The molecular weight excluding hydrogens is 1040 g/mol. The van der Waals surface area contributed by atoms with Gasteiger partial charge in [-0.25, -0.2) is 0 Å². The van der Waals surface area contributed by atoms with Crippen molar-refractivity contribution in [3.8, 4) is 0 Å². The number of nitrogens with zero attached hydrogens (tertiary/aromatic N) is 1. The molecular formula is C72H135N2O7P. The molecule has 0 fully saturated rings. The van der Waals surface area contributed by atoms with Crippen molar-refractivity contribution in [1.29, 1.82) is 0 Å². The highest BCUT2D eigenvalue weighted by Gasteiger charge is 2.27. The van der Waals surface area contributed by atoms with Crippen LogP contribution in [0.2, 0.25) is 0 Å². The molecule has 3 unspecified atom stereocenters. The molecule has 10 heteroatoms. The first-order valence-corrected chi connectivity index (χ1v) is 36.6. The van der Waals surface area contributed by atoms with Gasteiger partial charge < -0.3 is 28.5 Å². The molecule has 0 radical (unpaired) electrons. The number of quaternary nitrogens is 1. The highest BCUT2D eigenvalue weighted by atomic mass is 31.2. The number of carbonyl (C=O) groups is 2. The van der Waals surface area contributed by atoms with Gasteiger partial charge >= 0.3 is 5.97 Å². The normalized spacial score (nSPS) is 13.9. The second-order valence-electron chi connectivity index (χ2n) is 25.0. The van der Waals surface area contributed by atoms with Gasteiger partial charge in [0.15, 0.2) is 0 Å². The summed E-state index contributed by atoms with van der Waals surface area (Å²) in [4.78, 5) is 40.1. The highest BCUT2D eigenvalue weighted by Crippen LogP contribution is 2.38. The van der Waals surface area contributed by atoms with Gasteiger partial charge in [0.05, 0.1) is 33.8 Å². The summed E-state index contributed by atoms with van der Waals surface area (Å²) in [5.41, 5.74) is 0. The minimum atomic E-state index is -4.70. The van der Waals surface area contributed by atoms with Crippen LogP contribution in [0.15, 0.2) is 60.8 Å². The Labute approximate surface area is 509 Å². The van der Waals surface area contributed by atoms with Gasteiger partial charge in [0, 0.05) is 12.8 Å². The third-order valence-electron chi connectivity index (χ3n) is 15.7. The summed E-state index contributed by atoms with van der Waals surface area (Å²) < 4.78 is 30.4. The van der Waals surface area contributed by atoms with E-state index in [0.29, 0.717) is 17.4 Å². The first-order valence-electron chi connectivity index (χ1n) is 35.1. The third kappa shape index (κ3) is 62.2. The fourth-order valence-corrected chi connectivity index (χ4v) is 11.0. The number of likely N-dealkylation sites (N-methyl/N-ethyl adjacent to an activating group) is 1. The predicted octanol–water partition coefficient (Wildman–Crippen LogP) is 21.5. The molecule has 82 heavy (non-hydrogen) atoms. The molecule has 0 aromatic rings. The van der Waals surface area contributed by atoms with E-state index in [1.165, 1.54) is 225 Å². The average molecular weight is 1170 g/mol. The topological polar surface area (TPSA) is 114 Å². The Balaban J connectivity index is 5.07. The van der Waals surface area contributed by atoms with Crippen LogP contribution in [0.25, 0.3) is 0 Å². The van der Waals surface area contributed by atoms with E-state index in [2.05, 4.69) is 74.7 Å². The Kier molecular flexibility index (Phi) is 60.1. The Morgan fingerprint density at radius 3 is 1.13 bits per heavy atom. The SMILES string of the molecule is CCCCC/C=C\C/C=C\C/C=C\C/C=C\CCCCCCCCCCCCCC(=O)OC(/C=C\CCCCCCCCCCCCC)C(COP(=O)([O-])OCC[N+](C)(C)C)NC(=O)CCCCCCCCCCCCCCCCCC. The van der Waals surface area contributed by atoms with Crippen LogP contribution in [0.5, 0.6) is 0 Å². The first kappa shape index (κ1) is 79.7. The van der Waals surface area contributed by atoms with Crippen molar-refractivity contribution in [3.05, 3.63) is 60.8 Å². The third-order valence-corrected chi connectivity index (χ3v) is 16.7. The molecule has 0 aromatic heterocycles. The number of allylic oxidation sites excluding steroid dienone is 9. The van der Waals surface area contributed by atoms with Gasteiger partial charge in [-0.05, 0) is 76.7 Å². The van der Waals surface area contributed by atoms with Gasteiger partial charge in [0.2, 0.25) is 5.91 Å². The lowest BCUT2D eigenvalue weighted by Gasteiger charge is -2.30. The minimum absolute atomic E-state index is 0.0217. The number of phosphoric ester groups is 1. The number of rotatable bonds is 64. The van der Waals surface area contributed by atoms with E-state index in [-0.39, 0.29) is 31.5 Å². The van der Waals surface area contributed by atoms with Gasteiger partial charge in [0.1, 0.15) is 19.3 Å². The van der Waals surface area contributed by atoms with Crippen molar-refractivity contribution in [2.24, 2.45) is 0 Å². The minimum Gasteiger partial charge on any atom is -0.756 e. The number of nitrogens with one attached hydrogen (secondary N) is 1. The van der Waals surface area contributed by atoms with Crippen molar-refractivity contribution in [1.82, 2.24) is 5.32 Å². The lowest BCUT2D eigenvalue weighted by atomic mass is 10.0. The number of ether oxygens (including phenoxy) is 1. The fraction of sp³-hybridized carbons (Fsp3) is 0.833. The van der Waals surface area contributed by atoms with E-state index in [0.717, 1.165) is 77.0 Å².